The van der Waals surface area contributed by atoms with Crippen molar-refractivity contribution in [3.63, 3.8) is 0 Å². The second-order valence-electron chi connectivity index (χ2n) is 7.04. The van der Waals surface area contributed by atoms with Gasteiger partial charge in [-0.25, -0.2) is 8.42 Å². The van der Waals surface area contributed by atoms with E-state index in [9.17, 15) is 13.2 Å². The molecule has 0 aliphatic carbocycles. The molecule has 2 rings (SSSR count). The molecule has 1 aliphatic heterocycles. The second kappa shape index (κ2) is 7.04. The van der Waals surface area contributed by atoms with Crippen molar-refractivity contribution in [2.24, 2.45) is 5.92 Å². The average Bonchev–Trinajstić information content (AvgIpc) is 2.89. The topological polar surface area (TPSA) is 54.5 Å². The molecule has 1 fully saturated rings. The lowest BCUT2D eigenvalue weighted by Gasteiger charge is -2.26. The molecule has 1 aliphatic rings. The number of likely N-dealkylation sites (tertiary alicyclic amines) is 1. The van der Waals surface area contributed by atoms with Crippen LogP contribution in [0.3, 0.4) is 0 Å². The highest BCUT2D eigenvalue weighted by Crippen LogP contribution is 2.33. The molecule has 0 unspecified atom stereocenters. The molecule has 5 heteroatoms. The molecule has 1 aromatic rings. The summed E-state index contributed by atoms with van der Waals surface area (Å²) in [5.74, 6) is -0.513. The van der Waals surface area contributed by atoms with Gasteiger partial charge in [-0.2, -0.15) is 0 Å². The molecule has 4 nitrogen and oxygen atoms in total. The third-order valence-corrected chi connectivity index (χ3v) is 6.28. The van der Waals surface area contributed by atoms with E-state index in [0.717, 1.165) is 18.4 Å². The Bertz CT molecular complexity index is 680. The van der Waals surface area contributed by atoms with Crippen molar-refractivity contribution >= 4 is 15.7 Å². The number of carbonyl (C=O) groups excluding carboxylic acids is 1. The predicted octanol–water partition coefficient (Wildman–Crippen LogP) is 3.04. The van der Waals surface area contributed by atoms with Gasteiger partial charge in [0, 0.05) is 6.54 Å². The number of amides is 1. The Kier molecular flexibility index (Phi) is 5.50. The molecule has 0 bridgehead atoms. The van der Waals surface area contributed by atoms with Crippen LogP contribution in [0.5, 0.6) is 0 Å². The third kappa shape index (κ3) is 4.56. The number of nitrogens with zero attached hydrogens (tertiary/aromatic N) is 1. The summed E-state index contributed by atoms with van der Waals surface area (Å²) in [5.41, 5.74) is 3.54. The van der Waals surface area contributed by atoms with Gasteiger partial charge in [0.2, 0.25) is 5.91 Å². The summed E-state index contributed by atoms with van der Waals surface area (Å²) in [6, 6.07) is 6.26. The summed E-state index contributed by atoms with van der Waals surface area (Å²) in [5, 5.41) is 0. The minimum atomic E-state index is -3.33. The molecular formula is C18H27NO3S. The summed E-state index contributed by atoms with van der Waals surface area (Å²) < 4.78 is 24.2. The Labute approximate surface area is 139 Å². The molecule has 23 heavy (non-hydrogen) atoms. The molecule has 128 valence electrons. The van der Waals surface area contributed by atoms with Crippen LogP contribution < -0.4 is 0 Å². The Morgan fingerprint density at radius 3 is 2.57 bits per heavy atom. The van der Waals surface area contributed by atoms with Gasteiger partial charge in [-0.05, 0) is 49.3 Å². The largest absolute Gasteiger partial charge is 0.335 e. The molecule has 0 saturated carbocycles. The molecule has 1 amide bonds. The normalized spacial score (nSPS) is 18.7. The fourth-order valence-corrected chi connectivity index (χ4v) is 4.90. The van der Waals surface area contributed by atoms with Crippen LogP contribution in [-0.4, -0.2) is 37.3 Å². The zero-order valence-corrected chi connectivity index (χ0v) is 15.3. The van der Waals surface area contributed by atoms with E-state index in [-0.39, 0.29) is 29.4 Å². The Morgan fingerprint density at radius 2 is 1.96 bits per heavy atom. The van der Waals surface area contributed by atoms with Crippen LogP contribution in [-0.2, 0) is 14.6 Å². The highest BCUT2D eigenvalue weighted by Gasteiger charge is 2.32. The first-order valence-corrected chi connectivity index (χ1v) is 10.1. The fraction of sp³-hybridized carbons (Fsp3) is 0.611. The first kappa shape index (κ1) is 18.0. The highest BCUT2D eigenvalue weighted by molar-refractivity contribution is 7.92. The van der Waals surface area contributed by atoms with Gasteiger partial charge in [-0.3, -0.25) is 4.79 Å². The second-order valence-corrected chi connectivity index (χ2v) is 9.15. The number of carbonyl (C=O) groups is 1. The zero-order valence-electron chi connectivity index (χ0n) is 14.5. The zero-order chi connectivity index (χ0) is 17.2. The Balaban J connectivity index is 2.15. The van der Waals surface area contributed by atoms with Gasteiger partial charge in [0.25, 0.3) is 0 Å². The standard InChI is InChI=1S/C18H27NO3S/c1-13(2)11-23(21,22)12-18(20)19-9-5-6-17(19)16-8-7-14(3)15(4)10-16/h7-8,10,13,17H,5-6,9,11-12H2,1-4H3/t17-/m1/s1. The van der Waals surface area contributed by atoms with E-state index >= 15 is 0 Å². The summed E-state index contributed by atoms with van der Waals surface area (Å²) in [7, 11) is -3.33. The molecule has 0 aromatic heterocycles. The maximum atomic E-state index is 12.5. The Morgan fingerprint density at radius 1 is 1.26 bits per heavy atom. The number of hydrogen-bond donors (Lipinski definition) is 0. The van der Waals surface area contributed by atoms with Gasteiger partial charge in [0.15, 0.2) is 9.84 Å². The summed E-state index contributed by atoms with van der Waals surface area (Å²) in [6.07, 6.45) is 1.83. The molecule has 1 atom stereocenters. The maximum Gasteiger partial charge on any atom is 0.238 e. The van der Waals surface area contributed by atoms with E-state index < -0.39 is 9.84 Å². The lowest BCUT2D eigenvalue weighted by Crippen LogP contribution is -2.36. The smallest absolute Gasteiger partial charge is 0.238 e. The van der Waals surface area contributed by atoms with Gasteiger partial charge in [-0.1, -0.05) is 32.0 Å². The van der Waals surface area contributed by atoms with Crippen molar-refractivity contribution in [1.82, 2.24) is 4.90 Å². The summed E-state index contributed by atoms with van der Waals surface area (Å²) >= 11 is 0. The highest BCUT2D eigenvalue weighted by atomic mass is 32.2. The van der Waals surface area contributed by atoms with E-state index in [4.69, 9.17) is 0 Å². The fourth-order valence-electron chi connectivity index (χ4n) is 3.22. The first-order chi connectivity index (χ1) is 10.7. The minimum Gasteiger partial charge on any atom is -0.335 e. The van der Waals surface area contributed by atoms with Crippen LogP contribution in [0.25, 0.3) is 0 Å². The quantitative estimate of drug-likeness (QED) is 0.830. The van der Waals surface area contributed by atoms with Gasteiger partial charge >= 0.3 is 0 Å². The van der Waals surface area contributed by atoms with Gasteiger partial charge in [-0.15, -0.1) is 0 Å². The average molecular weight is 337 g/mol. The van der Waals surface area contributed by atoms with Gasteiger partial charge in [0.1, 0.15) is 5.75 Å². The Hall–Kier alpha value is -1.36. The van der Waals surface area contributed by atoms with E-state index in [1.54, 1.807) is 4.90 Å². The lowest BCUT2D eigenvalue weighted by atomic mass is 9.99. The SMILES string of the molecule is Cc1ccc([C@H]2CCCN2C(=O)CS(=O)(=O)CC(C)C)cc1C. The van der Waals surface area contributed by atoms with E-state index in [1.165, 1.54) is 11.1 Å². The van der Waals surface area contributed by atoms with Crippen LogP contribution in [0.2, 0.25) is 0 Å². The van der Waals surface area contributed by atoms with Crippen LogP contribution in [0.4, 0.5) is 0 Å². The molecular weight excluding hydrogens is 310 g/mol. The summed E-state index contributed by atoms with van der Waals surface area (Å²) in [6.45, 7) is 8.49. The van der Waals surface area contributed by atoms with Crippen molar-refractivity contribution in [3.05, 3.63) is 34.9 Å². The number of aryl methyl sites for hydroxylation is 2. The van der Waals surface area contributed by atoms with Crippen molar-refractivity contribution < 1.29 is 13.2 Å². The maximum absolute atomic E-state index is 12.5. The van der Waals surface area contributed by atoms with Crippen molar-refractivity contribution in [3.8, 4) is 0 Å². The van der Waals surface area contributed by atoms with Crippen molar-refractivity contribution in [1.29, 1.82) is 0 Å². The van der Waals surface area contributed by atoms with Gasteiger partial charge in [0.05, 0.1) is 11.8 Å². The molecule has 0 N–H and O–H groups in total. The summed E-state index contributed by atoms with van der Waals surface area (Å²) in [4.78, 5) is 14.3. The first-order valence-electron chi connectivity index (χ1n) is 8.26. The van der Waals surface area contributed by atoms with Crippen LogP contribution in [0, 0.1) is 19.8 Å². The molecule has 0 spiro atoms. The van der Waals surface area contributed by atoms with E-state index in [2.05, 4.69) is 32.0 Å². The molecule has 1 heterocycles. The van der Waals surface area contributed by atoms with E-state index in [1.807, 2.05) is 13.8 Å². The molecule has 1 aromatic carbocycles. The number of benzene rings is 1. The van der Waals surface area contributed by atoms with Crippen LogP contribution in [0.1, 0.15) is 49.4 Å². The molecule has 0 radical (unpaired) electrons. The van der Waals surface area contributed by atoms with E-state index in [0.29, 0.717) is 6.54 Å². The number of sulfone groups is 1. The van der Waals surface area contributed by atoms with Crippen LogP contribution >= 0.6 is 0 Å². The minimum absolute atomic E-state index is 0.0102. The van der Waals surface area contributed by atoms with Crippen molar-refractivity contribution in [2.75, 3.05) is 18.1 Å². The van der Waals surface area contributed by atoms with Crippen LogP contribution in [0.15, 0.2) is 18.2 Å². The predicted molar refractivity (Wildman–Crippen MR) is 93.1 cm³/mol. The third-order valence-electron chi connectivity index (χ3n) is 4.42. The number of rotatable bonds is 5. The monoisotopic (exact) mass is 337 g/mol. The lowest BCUT2D eigenvalue weighted by molar-refractivity contribution is -0.129. The van der Waals surface area contributed by atoms with Crippen molar-refractivity contribution in [2.45, 2.75) is 46.6 Å². The molecule has 1 saturated heterocycles. The van der Waals surface area contributed by atoms with Gasteiger partial charge < -0.3 is 4.90 Å². The number of hydrogen-bond acceptors (Lipinski definition) is 3.